The van der Waals surface area contributed by atoms with Crippen molar-refractivity contribution in [2.75, 3.05) is 0 Å². The summed E-state index contributed by atoms with van der Waals surface area (Å²) in [6, 6.07) is 22.1. The molecule has 2 heterocycles. The Bertz CT molecular complexity index is 1150. The first kappa shape index (κ1) is 17.5. The molecular formula is C23H17N5. The summed E-state index contributed by atoms with van der Waals surface area (Å²) in [6.07, 6.45) is 3.96. The maximum atomic E-state index is 9.14. The van der Waals surface area contributed by atoms with Crippen molar-refractivity contribution in [3.8, 4) is 28.8 Å². The molecule has 0 aliphatic carbocycles. The second-order valence-electron chi connectivity index (χ2n) is 6.39. The standard InChI is InChI=1S/C23H17N5/c1-16-19(13-24)14-25-23(27-16)20-15-26-22(18-10-6-3-7-11-18)28-21(20)12-17-8-4-2-5-9-17/h2-11,14-15H,12H2,1H3. The monoisotopic (exact) mass is 363 g/mol. The number of hydrogen-bond acceptors (Lipinski definition) is 5. The third-order valence-electron chi connectivity index (χ3n) is 4.45. The van der Waals surface area contributed by atoms with Gasteiger partial charge in [-0.1, -0.05) is 60.7 Å². The van der Waals surface area contributed by atoms with Gasteiger partial charge in [-0.3, -0.25) is 0 Å². The number of rotatable bonds is 4. The topological polar surface area (TPSA) is 75.3 Å². The second-order valence-corrected chi connectivity index (χ2v) is 6.39. The van der Waals surface area contributed by atoms with Crippen LogP contribution in [0.4, 0.5) is 0 Å². The van der Waals surface area contributed by atoms with Crippen LogP contribution in [0.25, 0.3) is 22.8 Å². The lowest BCUT2D eigenvalue weighted by atomic mass is 10.0. The third-order valence-corrected chi connectivity index (χ3v) is 4.45. The number of aryl methyl sites for hydroxylation is 1. The Labute approximate surface area is 163 Å². The molecule has 134 valence electrons. The molecule has 4 aromatic rings. The number of aromatic nitrogens is 4. The molecule has 5 nitrogen and oxygen atoms in total. The molecule has 0 aliphatic rings. The smallest absolute Gasteiger partial charge is 0.162 e. The lowest BCUT2D eigenvalue weighted by Gasteiger charge is -2.11. The third kappa shape index (κ3) is 3.62. The van der Waals surface area contributed by atoms with E-state index in [4.69, 9.17) is 10.2 Å². The Balaban J connectivity index is 1.83. The quantitative estimate of drug-likeness (QED) is 0.538. The van der Waals surface area contributed by atoms with Crippen LogP contribution in [-0.4, -0.2) is 19.9 Å². The molecule has 0 aliphatic heterocycles. The van der Waals surface area contributed by atoms with Crippen LogP contribution in [0, 0.1) is 18.3 Å². The highest BCUT2D eigenvalue weighted by molar-refractivity contribution is 5.62. The van der Waals surface area contributed by atoms with E-state index in [-0.39, 0.29) is 0 Å². The van der Waals surface area contributed by atoms with E-state index in [1.54, 1.807) is 19.3 Å². The van der Waals surface area contributed by atoms with Crippen molar-refractivity contribution < 1.29 is 0 Å². The van der Waals surface area contributed by atoms with E-state index in [0.29, 0.717) is 29.3 Å². The molecule has 5 heteroatoms. The van der Waals surface area contributed by atoms with Crippen molar-refractivity contribution in [2.24, 2.45) is 0 Å². The minimum Gasteiger partial charge on any atom is -0.236 e. The summed E-state index contributed by atoms with van der Waals surface area (Å²) in [5, 5.41) is 9.14. The number of benzene rings is 2. The van der Waals surface area contributed by atoms with Crippen molar-refractivity contribution in [2.45, 2.75) is 13.3 Å². The van der Waals surface area contributed by atoms with Crippen LogP contribution in [0.2, 0.25) is 0 Å². The van der Waals surface area contributed by atoms with Gasteiger partial charge < -0.3 is 0 Å². The predicted octanol–water partition coefficient (Wildman–Crippen LogP) is 4.37. The van der Waals surface area contributed by atoms with Gasteiger partial charge >= 0.3 is 0 Å². The largest absolute Gasteiger partial charge is 0.236 e. The van der Waals surface area contributed by atoms with E-state index in [1.807, 2.05) is 48.5 Å². The molecule has 2 aromatic heterocycles. The van der Waals surface area contributed by atoms with Crippen molar-refractivity contribution in [1.82, 2.24) is 19.9 Å². The second kappa shape index (κ2) is 7.77. The Morgan fingerprint density at radius 2 is 1.50 bits per heavy atom. The normalized spacial score (nSPS) is 10.4. The van der Waals surface area contributed by atoms with Gasteiger partial charge in [0.15, 0.2) is 11.6 Å². The molecule has 0 saturated carbocycles. The summed E-state index contributed by atoms with van der Waals surface area (Å²) in [4.78, 5) is 18.3. The van der Waals surface area contributed by atoms with Gasteiger partial charge in [-0.05, 0) is 12.5 Å². The highest BCUT2D eigenvalue weighted by Crippen LogP contribution is 2.24. The Morgan fingerprint density at radius 1 is 0.821 bits per heavy atom. The molecule has 0 fully saturated rings. The van der Waals surface area contributed by atoms with Crippen LogP contribution in [0.1, 0.15) is 22.5 Å². The first-order chi connectivity index (χ1) is 13.7. The van der Waals surface area contributed by atoms with Gasteiger partial charge in [-0.2, -0.15) is 5.26 Å². The number of nitriles is 1. The van der Waals surface area contributed by atoms with Gasteiger partial charge in [0.05, 0.1) is 22.5 Å². The van der Waals surface area contributed by atoms with E-state index in [1.165, 1.54) is 0 Å². The van der Waals surface area contributed by atoms with Crippen molar-refractivity contribution in [1.29, 1.82) is 5.26 Å². The molecule has 0 atom stereocenters. The Hall–Kier alpha value is -3.91. The van der Waals surface area contributed by atoms with Crippen LogP contribution in [0.3, 0.4) is 0 Å². The lowest BCUT2D eigenvalue weighted by molar-refractivity contribution is 1.01. The van der Waals surface area contributed by atoms with Crippen LogP contribution >= 0.6 is 0 Å². The van der Waals surface area contributed by atoms with Gasteiger partial charge in [0, 0.05) is 24.4 Å². The van der Waals surface area contributed by atoms with Crippen molar-refractivity contribution >= 4 is 0 Å². The lowest BCUT2D eigenvalue weighted by Crippen LogP contribution is -2.04. The van der Waals surface area contributed by atoms with E-state index >= 15 is 0 Å². The summed E-state index contributed by atoms with van der Waals surface area (Å²) in [7, 11) is 0. The number of nitrogens with zero attached hydrogens (tertiary/aromatic N) is 5. The van der Waals surface area contributed by atoms with Gasteiger partial charge in [-0.25, -0.2) is 19.9 Å². The van der Waals surface area contributed by atoms with Crippen LogP contribution < -0.4 is 0 Å². The summed E-state index contributed by atoms with van der Waals surface area (Å²) in [6.45, 7) is 1.81. The number of hydrogen-bond donors (Lipinski definition) is 0. The fourth-order valence-electron chi connectivity index (χ4n) is 2.96. The average Bonchev–Trinajstić information content (AvgIpc) is 2.75. The first-order valence-electron chi connectivity index (χ1n) is 8.94. The summed E-state index contributed by atoms with van der Waals surface area (Å²) >= 11 is 0. The van der Waals surface area contributed by atoms with E-state index in [2.05, 4.69) is 33.2 Å². The molecule has 0 bridgehead atoms. The zero-order chi connectivity index (χ0) is 19.3. The van der Waals surface area contributed by atoms with Crippen LogP contribution in [-0.2, 0) is 6.42 Å². The van der Waals surface area contributed by atoms with Gasteiger partial charge in [0.1, 0.15) is 6.07 Å². The first-order valence-corrected chi connectivity index (χ1v) is 8.94. The Morgan fingerprint density at radius 3 is 2.18 bits per heavy atom. The highest BCUT2D eigenvalue weighted by Gasteiger charge is 2.14. The highest BCUT2D eigenvalue weighted by atomic mass is 14.9. The Kier molecular flexibility index (Phi) is 4.85. The fourth-order valence-corrected chi connectivity index (χ4v) is 2.96. The summed E-state index contributed by atoms with van der Waals surface area (Å²) in [5.74, 6) is 1.20. The average molecular weight is 363 g/mol. The van der Waals surface area contributed by atoms with E-state index < -0.39 is 0 Å². The molecule has 2 aromatic carbocycles. The molecule has 28 heavy (non-hydrogen) atoms. The zero-order valence-electron chi connectivity index (χ0n) is 15.4. The SMILES string of the molecule is Cc1nc(-c2cnc(-c3ccccc3)nc2Cc2ccccc2)ncc1C#N. The van der Waals surface area contributed by atoms with Crippen molar-refractivity contribution in [3.05, 3.63) is 95.6 Å². The van der Waals surface area contributed by atoms with Crippen LogP contribution in [0.5, 0.6) is 0 Å². The predicted molar refractivity (Wildman–Crippen MR) is 107 cm³/mol. The summed E-state index contributed by atoms with van der Waals surface area (Å²) in [5.41, 5.74) is 4.84. The molecule has 0 amide bonds. The molecule has 0 N–H and O–H groups in total. The minimum atomic E-state index is 0.468. The van der Waals surface area contributed by atoms with E-state index in [9.17, 15) is 0 Å². The maximum absolute atomic E-state index is 9.14. The molecular weight excluding hydrogens is 346 g/mol. The molecule has 4 rings (SSSR count). The summed E-state index contributed by atoms with van der Waals surface area (Å²) < 4.78 is 0. The molecule has 0 spiro atoms. The molecule has 0 radical (unpaired) electrons. The van der Waals surface area contributed by atoms with Crippen molar-refractivity contribution in [3.63, 3.8) is 0 Å². The zero-order valence-corrected chi connectivity index (χ0v) is 15.4. The van der Waals surface area contributed by atoms with Gasteiger partial charge in [-0.15, -0.1) is 0 Å². The van der Waals surface area contributed by atoms with Crippen LogP contribution in [0.15, 0.2) is 73.1 Å². The minimum absolute atomic E-state index is 0.468. The van der Waals surface area contributed by atoms with Gasteiger partial charge in [0.25, 0.3) is 0 Å². The molecule has 0 unspecified atom stereocenters. The maximum Gasteiger partial charge on any atom is 0.162 e. The van der Waals surface area contributed by atoms with E-state index in [0.717, 1.165) is 22.4 Å². The molecule has 0 saturated heterocycles. The fraction of sp³-hybridized carbons (Fsp3) is 0.0870. The van der Waals surface area contributed by atoms with Gasteiger partial charge in [0.2, 0.25) is 0 Å².